The lowest BCUT2D eigenvalue weighted by atomic mass is 10.1. The minimum absolute atomic E-state index is 0.178. The van der Waals surface area contributed by atoms with E-state index >= 15 is 0 Å². The van der Waals surface area contributed by atoms with Crippen molar-refractivity contribution in [3.63, 3.8) is 0 Å². The number of hydrogen-bond acceptors (Lipinski definition) is 3. The van der Waals surface area contributed by atoms with E-state index in [1.807, 2.05) is 73.7 Å². The molecule has 0 fully saturated rings. The van der Waals surface area contributed by atoms with Crippen molar-refractivity contribution >= 4 is 22.6 Å². The summed E-state index contributed by atoms with van der Waals surface area (Å²) in [5, 5.41) is 2.14. The van der Waals surface area contributed by atoms with Crippen molar-refractivity contribution in [2.24, 2.45) is 0 Å². The van der Waals surface area contributed by atoms with Gasteiger partial charge in [0.1, 0.15) is 5.75 Å². The van der Waals surface area contributed by atoms with Crippen molar-refractivity contribution in [1.82, 2.24) is 10.9 Å². The summed E-state index contributed by atoms with van der Waals surface area (Å²) in [4.78, 5) is 23.8. The highest BCUT2D eigenvalue weighted by Crippen LogP contribution is 2.20. The standard InChI is InChI=1S/C21H20N2O3/c1-15-6-2-3-8-17(15)13-20(24)22-23-21(25)14-26-19-11-10-16-7-4-5-9-18(16)12-19/h2-12H,13-14H2,1H3,(H,22,24)(H,23,25). The Morgan fingerprint density at radius 2 is 1.54 bits per heavy atom. The Hall–Kier alpha value is -3.34. The van der Waals surface area contributed by atoms with Crippen LogP contribution in [-0.4, -0.2) is 18.4 Å². The van der Waals surface area contributed by atoms with Gasteiger partial charge >= 0.3 is 0 Å². The molecule has 0 saturated carbocycles. The molecule has 0 aliphatic rings. The second-order valence-electron chi connectivity index (χ2n) is 6.00. The zero-order chi connectivity index (χ0) is 18.4. The van der Waals surface area contributed by atoms with Crippen molar-refractivity contribution in [1.29, 1.82) is 0 Å². The third-order valence-electron chi connectivity index (χ3n) is 4.04. The van der Waals surface area contributed by atoms with Gasteiger partial charge in [0.25, 0.3) is 5.91 Å². The highest BCUT2D eigenvalue weighted by atomic mass is 16.5. The molecule has 0 spiro atoms. The number of aryl methyl sites for hydroxylation is 1. The molecule has 5 heteroatoms. The topological polar surface area (TPSA) is 67.4 Å². The van der Waals surface area contributed by atoms with Gasteiger partial charge in [0.15, 0.2) is 6.61 Å². The first-order valence-electron chi connectivity index (χ1n) is 8.35. The Morgan fingerprint density at radius 1 is 0.846 bits per heavy atom. The van der Waals surface area contributed by atoms with Gasteiger partial charge in [0, 0.05) is 0 Å². The maximum Gasteiger partial charge on any atom is 0.276 e. The fraction of sp³-hybridized carbons (Fsp3) is 0.143. The first-order chi connectivity index (χ1) is 12.6. The highest BCUT2D eigenvalue weighted by molar-refractivity contribution is 5.85. The molecule has 2 amide bonds. The van der Waals surface area contributed by atoms with Crippen molar-refractivity contribution in [3.05, 3.63) is 77.9 Å². The molecular formula is C21H20N2O3. The maximum absolute atomic E-state index is 11.9. The summed E-state index contributed by atoms with van der Waals surface area (Å²) in [7, 11) is 0. The SMILES string of the molecule is Cc1ccccc1CC(=O)NNC(=O)COc1ccc2ccccc2c1. The van der Waals surface area contributed by atoms with Crippen LogP contribution in [0, 0.1) is 6.92 Å². The van der Waals surface area contributed by atoms with Gasteiger partial charge in [-0.05, 0) is 41.0 Å². The molecule has 3 aromatic carbocycles. The largest absolute Gasteiger partial charge is 0.484 e. The number of ether oxygens (including phenoxy) is 1. The molecule has 0 aromatic heterocycles. The average molecular weight is 348 g/mol. The zero-order valence-corrected chi connectivity index (χ0v) is 14.5. The van der Waals surface area contributed by atoms with Crippen LogP contribution >= 0.6 is 0 Å². The summed E-state index contributed by atoms with van der Waals surface area (Å²) in [5.74, 6) is -0.0975. The Kier molecular flexibility index (Phi) is 5.49. The van der Waals surface area contributed by atoms with E-state index in [-0.39, 0.29) is 18.9 Å². The van der Waals surface area contributed by atoms with Gasteiger partial charge < -0.3 is 4.74 Å². The molecule has 26 heavy (non-hydrogen) atoms. The Bertz CT molecular complexity index is 937. The van der Waals surface area contributed by atoms with Gasteiger partial charge in [-0.2, -0.15) is 0 Å². The van der Waals surface area contributed by atoms with Crippen LogP contribution in [0.25, 0.3) is 10.8 Å². The molecule has 0 radical (unpaired) electrons. The van der Waals surface area contributed by atoms with Crippen LogP contribution in [0.5, 0.6) is 5.75 Å². The summed E-state index contributed by atoms with van der Waals surface area (Å²) in [6.07, 6.45) is 0.207. The average Bonchev–Trinajstić information content (AvgIpc) is 2.66. The zero-order valence-electron chi connectivity index (χ0n) is 14.5. The molecule has 132 valence electrons. The molecule has 3 aromatic rings. The monoisotopic (exact) mass is 348 g/mol. The van der Waals surface area contributed by atoms with Gasteiger partial charge in [-0.15, -0.1) is 0 Å². The van der Waals surface area contributed by atoms with Crippen molar-refractivity contribution < 1.29 is 14.3 Å². The number of benzene rings is 3. The molecule has 5 nitrogen and oxygen atoms in total. The smallest absolute Gasteiger partial charge is 0.276 e. The molecule has 0 heterocycles. The maximum atomic E-state index is 11.9. The van der Waals surface area contributed by atoms with E-state index < -0.39 is 5.91 Å². The molecule has 0 aliphatic carbocycles. The van der Waals surface area contributed by atoms with Crippen LogP contribution < -0.4 is 15.6 Å². The predicted molar refractivity (Wildman–Crippen MR) is 101 cm³/mol. The number of amides is 2. The normalized spacial score (nSPS) is 10.3. The second kappa shape index (κ2) is 8.16. The third kappa shape index (κ3) is 4.60. The van der Waals surface area contributed by atoms with Crippen LogP contribution in [-0.2, 0) is 16.0 Å². The minimum Gasteiger partial charge on any atom is -0.484 e. The third-order valence-corrected chi connectivity index (χ3v) is 4.04. The summed E-state index contributed by atoms with van der Waals surface area (Å²) < 4.78 is 5.48. The summed E-state index contributed by atoms with van der Waals surface area (Å²) in [6.45, 7) is 1.77. The number of carbonyl (C=O) groups excluding carboxylic acids is 2. The Morgan fingerprint density at radius 3 is 2.35 bits per heavy atom. The molecule has 0 unspecified atom stereocenters. The summed E-state index contributed by atoms with van der Waals surface area (Å²) >= 11 is 0. The fourth-order valence-electron chi connectivity index (χ4n) is 2.61. The molecule has 0 aliphatic heterocycles. The number of hydrogen-bond donors (Lipinski definition) is 2. The lowest BCUT2D eigenvalue weighted by Gasteiger charge is -2.10. The number of carbonyl (C=O) groups is 2. The van der Waals surface area contributed by atoms with E-state index in [4.69, 9.17) is 4.74 Å². The van der Waals surface area contributed by atoms with Gasteiger partial charge in [0.05, 0.1) is 6.42 Å². The summed E-state index contributed by atoms with van der Waals surface area (Å²) in [6, 6.07) is 21.2. The molecule has 3 rings (SSSR count). The van der Waals surface area contributed by atoms with Crippen molar-refractivity contribution in [2.45, 2.75) is 13.3 Å². The first kappa shape index (κ1) is 17.5. The van der Waals surface area contributed by atoms with Crippen LogP contribution in [0.1, 0.15) is 11.1 Å². The first-order valence-corrected chi connectivity index (χ1v) is 8.35. The van der Waals surface area contributed by atoms with E-state index in [0.717, 1.165) is 21.9 Å². The van der Waals surface area contributed by atoms with E-state index in [2.05, 4.69) is 10.9 Å². The molecular weight excluding hydrogens is 328 g/mol. The predicted octanol–water partition coefficient (Wildman–Crippen LogP) is 2.92. The molecule has 0 saturated heterocycles. The highest BCUT2D eigenvalue weighted by Gasteiger charge is 2.08. The lowest BCUT2D eigenvalue weighted by molar-refractivity contribution is -0.129. The molecule has 0 atom stereocenters. The van der Waals surface area contributed by atoms with Crippen LogP contribution in [0.4, 0.5) is 0 Å². The van der Waals surface area contributed by atoms with Crippen molar-refractivity contribution in [3.8, 4) is 5.75 Å². The minimum atomic E-state index is -0.420. The number of hydrazine groups is 1. The quantitative estimate of drug-likeness (QED) is 0.697. The number of rotatable bonds is 5. The van der Waals surface area contributed by atoms with E-state index in [9.17, 15) is 9.59 Å². The second-order valence-corrected chi connectivity index (χ2v) is 6.00. The Balaban J connectivity index is 1.46. The Labute approximate surface area is 152 Å². The number of nitrogens with one attached hydrogen (secondary N) is 2. The van der Waals surface area contributed by atoms with Gasteiger partial charge in [-0.1, -0.05) is 54.6 Å². The van der Waals surface area contributed by atoms with Crippen LogP contribution in [0.15, 0.2) is 66.7 Å². The van der Waals surface area contributed by atoms with Gasteiger partial charge in [-0.3, -0.25) is 20.4 Å². The van der Waals surface area contributed by atoms with E-state index in [0.29, 0.717) is 5.75 Å². The van der Waals surface area contributed by atoms with Crippen LogP contribution in [0.2, 0.25) is 0 Å². The molecule has 0 bridgehead atoms. The van der Waals surface area contributed by atoms with E-state index in [1.54, 1.807) is 0 Å². The van der Waals surface area contributed by atoms with Gasteiger partial charge in [0.2, 0.25) is 5.91 Å². The lowest BCUT2D eigenvalue weighted by Crippen LogP contribution is -2.44. The summed E-state index contributed by atoms with van der Waals surface area (Å²) in [5.41, 5.74) is 6.73. The van der Waals surface area contributed by atoms with Crippen molar-refractivity contribution in [2.75, 3.05) is 6.61 Å². The number of fused-ring (bicyclic) bond motifs is 1. The van der Waals surface area contributed by atoms with Gasteiger partial charge in [-0.25, -0.2) is 0 Å². The molecule has 2 N–H and O–H groups in total. The van der Waals surface area contributed by atoms with Crippen LogP contribution in [0.3, 0.4) is 0 Å². The van der Waals surface area contributed by atoms with E-state index in [1.165, 1.54) is 0 Å². The fourth-order valence-corrected chi connectivity index (χ4v) is 2.61.